The second kappa shape index (κ2) is 9.38. The molecule has 1 aromatic rings. The van der Waals surface area contributed by atoms with Gasteiger partial charge in [0.15, 0.2) is 6.29 Å². The molecule has 0 aromatic heterocycles. The van der Waals surface area contributed by atoms with Crippen molar-refractivity contribution in [3.05, 3.63) is 29.3 Å². The van der Waals surface area contributed by atoms with Crippen LogP contribution in [0.25, 0.3) is 0 Å². The number of nitrogens with zero attached hydrogens (tertiary/aromatic N) is 3. The van der Waals surface area contributed by atoms with Crippen LogP contribution >= 0.6 is 0 Å². The fourth-order valence-electron chi connectivity index (χ4n) is 6.81. The Labute approximate surface area is 201 Å². The number of amidine groups is 1. The molecule has 6 atom stereocenters. The molecule has 180 valence electrons. The van der Waals surface area contributed by atoms with Crippen molar-refractivity contribution in [2.24, 2.45) is 44.8 Å². The Hall–Kier alpha value is -2.92. The summed E-state index contributed by atoms with van der Waals surface area (Å²) in [6.45, 7) is 3.86. The highest BCUT2D eigenvalue weighted by atomic mass is 16.5. The smallest absolute Gasteiger partial charge is 0.220 e. The van der Waals surface area contributed by atoms with Gasteiger partial charge in [0.25, 0.3) is 0 Å². The van der Waals surface area contributed by atoms with E-state index in [-0.39, 0.29) is 17.9 Å². The molecule has 2 unspecified atom stereocenters. The summed E-state index contributed by atoms with van der Waals surface area (Å²) in [7, 11) is 0. The van der Waals surface area contributed by atoms with Gasteiger partial charge in [0.05, 0.1) is 12.6 Å². The van der Waals surface area contributed by atoms with Crippen LogP contribution in [0.3, 0.4) is 0 Å². The molecule has 4 saturated carbocycles. The van der Waals surface area contributed by atoms with Gasteiger partial charge in [-0.25, -0.2) is 4.99 Å². The Balaban J connectivity index is 1.23. The predicted molar refractivity (Wildman–Crippen MR) is 130 cm³/mol. The van der Waals surface area contributed by atoms with E-state index in [1.54, 1.807) is 0 Å². The second-order valence-corrected chi connectivity index (χ2v) is 10.7. The minimum absolute atomic E-state index is 0.0349. The maximum absolute atomic E-state index is 10.6. The highest BCUT2D eigenvalue weighted by Gasteiger charge is 2.54. The van der Waals surface area contributed by atoms with Crippen LogP contribution < -0.4 is 21.1 Å². The maximum atomic E-state index is 10.6. The SMILES string of the molecule is Cc1ccc(OCC=O)cc1CNC1=NCC(C#N)C(NC[C@]23CC4C[C@H](C2)[C@@H](N)[C@@H](C4)C3)=N1. The molecule has 6 rings (SSSR count). The summed E-state index contributed by atoms with van der Waals surface area (Å²) in [5.41, 5.74) is 8.96. The van der Waals surface area contributed by atoms with Gasteiger partial charge >= 0.3 is 0 Å². The summed E-state index contributed by atoms with van der Waals surface area (Å²) in [5.74, 6) is 3.70. The van der Waals surface area contributed by atoms with Crippen LogP contribution in [-0.2, 0) is 11.3 Å². The number of aryl methyl sites for hydroxylation is 1. The number of nitrogens with two attached hydrogens (primary N) is 1. The number of benzene rings is 1. The number of guanidine groups is 1. The van der Waals surface area contributed by atoms with Crippen LogP contribution in [0.2, 0.25) is 0 Å². The number of hydrogen-bond acceptors (Lipinski definition) is 8. The fourth-order valence-corrected chi connectivity index (χ4v) is 6.81. The Kier molecular flexibility index (Phi) is 6.30. The molecule has 4 N–H and O–H groups in total. The quantitative estimate of drug-likeness (QED) is 0.534. The molecule has 0 spiro atoms. The maximum Gasteiger partial charge on any atom is 0.220 e. The van der Waals surface area contributed by atoms with E-state index in [1.807, 2.05) is 25.1 Å². The molecule has 4 aliphatic carbocycles. The fraction of sp³-hybridized carbons (Fsp3) is 0.615. The third-order valence-corrected chi connectivity index (χ3v) is 8.33. The zero-order chi connectivity index (χ0) is 23.7. The summed E-state index contributed by atoms with van der Waals surface area (Å²) in [4.78, 5) is 19.8. The number of ether oxygens (including phenoxy) is 1. The van der Waals surface area contributed by atoms with Crippen molar-refractivity contribution in [1.82, 2.24) is 10.6 Å². The van der Waals surface area contributed by atoms with Crippen LogP contribution in [0.1, 0.15) is 43.2 Å². The van der Waals surface area contributed by atoms with Crippen molar-refractivity contribution in [3.8, 4) is 11.8 Å². The van der Waals surface area contributed by atoms with Gasteiger partial charge in [0.2, 0.25) is 5.96 Å². The van der Waals surface area contributed by atoms with E-state index in [9.17, 15) is 10.1 Å². The predicted octanol–water partition coefficient (Wildman–Crippen LogP) is 2.31. The number of hydrogen-bond donors (Lipinski definition) is 3. The Bertz CT molecular complexity index is 1030. The lowest BCUT2D eigenvalue weighted by Crippen LogP contribution is -2.59. The van der Waals surface area contributed by atoms with E-state index in [0.29, 0.717) is 42.7 Å². The summed E-state index contributed by atoms with van der Waals surface area (Å²) < 4.78 is 5.42. The molecule has 4 fully saturated rings. The molecule has 1 aliphatic heterocycles. The third-order valence-electron chi connectivity index (χ3n) is 8.33. The van der Waals surface area contributed by atoms with E-state index >= 15 is 0 Å². The highest BCUT2D eigenvalue weighted by Crippen LogP contribution is 2.59. The van der Waals surface area contributed by atoms with E-state index in [4.69, 9.17) is 15.5 Å². The van der Waals surface area contributed by atoms with E-state index in [0.717, 1.165) is 35.7 Å². The van der Waals surface area contributed by atoms with E-state index in [2.05, 4.69) is 21.7 Å². The topological polar surface area (TPSA) is 125 Å². The molecular formula is C26H34N6O2. The van der Waals surface area contributed by atoms with Gasteiger partial charge in [0, 0.05) is 19.1 Å². The number of nitrogens with one attached hydrogen (secondary N) is 2. The normalized spacial score (nSPS) is 33.5. The number of carbonyl (C=O) groups is 1. The summed E-state index contributed by atoms with van der Waals surface area (Å²) >= 11 is 0. The molecule has 1 heterocycles. The van der Waals surface area contributed by atoms with Crippen LogP contribution in [0, 0.1) is 47.3 Å². The number of aldehydes is 1. The van der Waals surface area contributed by atoms with Crippen molar-refractivity contribution in [2.75, 3.05) is 19.7 Å². The van der Waals surface area contributed by atoms with Crippen molar-refractivity contribution < 1.29 is 9.53 Å². The van der Waals surface area contributed by atoms with Crippen molar-refractivity contribution in [2.45, 2.75) is 51.6 Å². The molecule has 0 amide bonds. The van der Waals surface area contributed by atoms with Crippen molar-refractivity contribution >= 4 is 18.1 Å². The minimum Gasteiger partial charge on any atom is -0.486 e. The molecule has 8 nitrogen and oxygen atoms in total. The molecule has 34 heavy (non-hydrogen) atoms. The first-order valence-electron chi connectivity index (χ1n) is 12.4. The van der Waals surface area contributed by atoms with Gasteiger partial charge in [-0.15, -0.1) is 0 Å². The number of carbonyl (C=O) groups excluding carboxylic acids is 1. The Morgan fingerprint density at radius 1 is 1.26 bits per heavy atom. The van der Waals surface area contributed by atoms with Gasteiger partial charge in [-0.05, 0) is 85.5 Å². The van der Waals surface area contributed by atoms with Crippen LogP contribution in [0.5, 0.6) is 5.75 Å². The largest absolute Gasteiger partial charge is 0.486 e. The minimum atomic E-state index is -0.344. The Morgan fingerprint density at radius 3 is 2.79 bits per heavy atom. The zero-order valence-electron chi connectivity index (χ0n) is 19.8. The number of nitriles is 1. The van der Waals surface area contributed by atoms with Crippen molar-refractivity contribution in [3.63, 3.8) is 0 Å². The average Bonchev–Trinajstić information content (AvgIpc) is 2.84. The highest BCUT2D eigenvalue weighted by molar-refractivity contribution is 6.00. The van der Waals surface area contributed by atoms with E-state index in [1.165, 1.54) is 32.1 Å². The van der Waals surface area contributed by atoms with Crippen LogP contribution in [0.15, 0.2) is 28.2 Å². The first kappa shape index (κ1) is 22.9. The lowest BCUT2D eigenvalue weighted by molar-refractivity contribution is -0.109. The molecule has 0 radical (unpaired) electrons. The number of aliphatic imine (C=N–C) groups is 2. The average molecular weight is 463 g/mol. The molecule has 5 aliphatic rings. The molecular weight excluding hydrogens is 428 g/mol. The van der Waals surface area contributed by atoms with Crippen LogP contribution in [-0.4, -0.2) is 43.8 Å². The summed E-state index contributed by atoms with van der Waals surface area (Å²) in [5, 5.41) is 16.6. The monoisotopic (exact) mass is 462 g/mol. The lowest BCUT2D eigenvalue weighted by Gasteiger charge is -2.59. The first-order chi connectivity index (χ1) is 16.5. The van der Waals surface area contributed by atoms with Crippen LogP contribution in [0.4, 0.5) is 0 Å². The van der Waals surface area contributed by atoms with Gasteiger partial charge in [0.1, 0.15) is 24.1 Å². The lowest BCUT2D eigenvalue weighted by atomic mass is 9.48. The molecule has 8 heteroatoms. The van der Waals surface area contributed by atoms with Gasteiger partial charge in [-0.3, -0.25) is 4.79 Å². The van der Waals surface area contributed by atoms with Gasteiger partial charge in [-0.2, -0.15) is 10.3 Å². The standard InChI is InChI=1S/C26H34N6O2/c1-16-2-3-22(34-5-4-33)8-20(16)13-29-25-30-14-21(12-27)24(32-25)31-15-26-9-17-6-18(10-26)23(28)19(7-17)11-26/h2-4,8,17-19,21,23H,5-7,9-11,13-15,28H2,1H3,(H2,29,30,31,32)/t17?,18-,19+,21?,23-,26-. The number of rotatable bonds is 7. The van der Waals surface area contributed by atoms with Gasteiger partial charge in [-0.1, -0.05) is 6.07 Å². The first-order valence-corrected chi connectivity index (χ1v) is 12.4. The Morgan fingerprint density at radius 2 is 2.06 bits per heavy atom. The second-order valence-electron chi connectivity index (χ2n) is 10.7. The zero-order valence-corrected chi connectivity index (χ0v) is 19.8. The summed E-state index contributed by atoms with van der Waals surface area (Å²) in [6, 6.07) is 8.48. The molecule has 1 aromatic carbocycles. The molecule has 0 saturated heterocycles. The van der Waals surface area contributed by atoms with Crippen molar-refractivity contribution in [1.29, 1.82) is 5.26 Å². The third kappa shape index (κ3) is 4.54. The van der Waals surface area contributed by atoms with E-state index < -0.39 is 0 Å². The van der Waals surface area contributed by atoms with Gasteiger partial charge < -0.3 is 21.1 Å². The molecule has 4 bridgehead atoms. The summed E-state index contributed by atoms with van der Waals surface area (Å²) in [6.07, 6.45) is 6.98.